The van der Waals surface area contributed by atoms with Crippen LogP contribution < -0.4 is 0 Å². The monoisotopic (exact) mass is 344 g/mol. The van der Waals surface area contributed by atoms with Gasteiger partial charge in [-0.15, -0.1) is 0 Å². The van der Waals surface area contributed by atoms with Gasteiger partial charge < -0.3 is 0 Å². The number of sulfone groups is 1. The second kappa shape index (κ2) is 5.14. The number of rotatable bonds is 4. The summed E-state index contributed by atoms with van der Waals surface area (Å²) in [5, 5.41) is 0. The van der Waals surface area contributed by atoms with Crippen LogP contribution in [0.25, 0.3) is 0 Å². The lowest BCUT2D eigenvalue weighted by Gasteiger charge is -2.27. The van der Waals surface area contributed by atoms with Crippen molar-refractivity contribution in [2.75, 3.05) is 11.5 Å². The van der Waals surface area contributed by atoms with E-state index in [0.717, 1.165) is 23.3 Å². The maximum Gasteiger partial charge on any atom is 0.151 e. The standard InChI is InChI=1S/C13H17BrN2O2S/c14-13-3-1-2-10(15-13)8-16(11-4-5-11)12-6-7-19(17,18)9-12/h1-3,11-12H,4-9H2. The van der Waals surface area contributed by atoms with Crippen molar-refractivity contribution in [3.05, 3.63) is 28.5 Å². The molecule has 6 heteroatoms. The number of nitrogens with zero attached hydrogens (tertiary/aromatic N) is 2. The highest BCUT2D eigenvalue weighted by atomic mass is 79.9. The fourth-order valence-electron chi connectivity index (χ4n) is 2.72. The van der Waals surface area contributed by atoms with Gasteiger partial charge in [-0.05, 0) is 47.3 Å². The van der Waals surface area contributed by atoms with Crippen LogP contribution in [0.15, 0.2) is 22.8 Å². The minimum atomic E-state index is -2.82. The highest BCUT2D eigenvalue weighted by Gasteiger charge is 2.39. The van der Waals surface area contributed by atoms with Crippen LogP contribution in [0, 0.1) is 0 Å². The first-order chi connectivity index (χ1) is 9.03. The van der Waals surface area contributed by atoms with Crippen LogP contribution in [-0.2, 0) is 16.4 Å². The molecule has 1 unspecified atom stereocenters. The lowest BCUT2D eigenvalue weighted by molar-refractivity contribution is 0.190. The molecule has 3 rings (SSSR count). The third-order valence-electron chi connectivity index (χ3n) is 3.81. The van der Waals surface area contributed by atoms with Crippen LogP contribution >= 0.6 is 15.9 Å². The minimum absolute atomic E-state index is 0.179. The van der Waals surface area contributed by atoms with E-state index >= 15 is 0 Å². The average Bonchev–Trinajstić information content (AvgIpc) is 3.11. The molecule has 104 valence electrons. The van der Waals surface area contributed by atoms with E-state index in [-0.39, 0.29) is 6.04 Å². The third-order valence-corrected chi connectivity index (χ3v) is 6.00. The van der Waals surface area contributed by atoms with E-state index in [4.69, 9.17) is 0 Å². The molecule has 4 nitrogen and oxygen atoms in total. The van der Waals surface area contributed by atoms with E-state index in [2.05, 4.69) is 25.8 Å². The molecule has 2 fully saturated rings. The molecule has 1 saturated heterocycles. The Labute approximate surface area is 122 Å². The van der Waals surface area contributed by atoms with E-state index < -0.39 is 9.84 Å². The third kappa shape index (κ3) is 3.35. The molecule has 0 bridgehead atoms. The largest absolute Gasteiger partial charge is 0.291 e. The van der Waals surface area contributed by atoms with Gasteiger partial charge in [0.25, 0.3) is 0 Å². The summed E-state index contributed by atoms with van der Waals surface area (Å²) in [6, 6.07) is 6.62. The first-order valence-electron chi connectivity index (χ1n) is 6.61. The summed E-state index contributed by atoms with van der Waals surface area (Å²) in [7, 11) is -2.82. The van der Waals surface area contributed by atoms with Crippen molar-refractivity contribution in [1.29, 1.82) is 0 Å². The summed E-state index contributed by atoms with van der Waals surface area (Å²) in [5.74, 6) is 0.657. The van der Waals surface area contributed by atoms with E-state index in [1.54, 1.807) is 0 Å². The fraction of sp³-hybridized carbons (Fsp3) is 0.615. The normalized spacial score (nSPS) is 25.9. The molecule has 0 aromatic carbocycles. The lowest BCUT2D eigenvalue weighted by atomic mass is 10.2. The first-order valence-corrected chi connectivity index (χ1v) is 9.22. The second-order valence-electron chi connectivity index (χ2n) is 5.41. The Morgan fingerprint density at radius 1 is 1.26 bits per heavy atom. The number of pyridine rings is 1. The molecule has 2 aliphatic rings. The van der Waals surface area contributed by atoms with E-state index in [1.165, 1.54) is 12.8 Å². The Morgan fingerprint density at radius 2 is 2.05 bits per heavy atom. The summed E-state index contributed by atoms with van der Waals surface area (Å²) < 4.78 is 24.1. The molecule has 1 aliphatic carbocycles. The molecule has 19 heavy (non-hydrogen) atoms. The predicted molar refractivity (Wildman–Crippen MR) is 77.6 cm³/mol. The summed E-state index contributed by atoms with van der Waals surface area (Å²) in [4.78, 5) is 6.80. The van der Waals surface area contributed by atoms with Crippen LogP contribution in [0.3, 0.4) is 0 Å². The smallest absolute Gasteiger partial charge is 0.151 e. The molecule has 0 radical (unpaired) electrons. The zero-order valence-electron chi connectivity index (χ0n) is 10.6. The summed E-state index contributed by atoms with van der Waals surface area (Å²) >= 11 is 3.38. The maximum absolute atomic E-state index is 11.6. The van der Waals surface area contributed by atoms with Crippen LogP contribution in [0.4, 0.5) is 0 Å². The van der Waals surface area contributed by atoms with Gasteiger partial charge in [0.1, 0.15) is 4.60 Å². The van der Waals surface area contributed by atoms with Gasteiger partial charge in [0.05, 0.1) is 17.2 Å². The van der Waals surface area contributed by atoms with Crippen molar-refractivity contribution >= 4 is 25.8 Å². The van der Waals surface area contributed by atoms with Gasteiger partial charge in [0.15, 0.2) is 9.84 Å². The van der Waals surface area contributed by atoms with Crippen LogP contribution in [0.5, 0.6) is 0 Å². The molecule has 0 N–H and O–H groups in total. The van der Waals surface area contributed by atoms with Crippen LogP contribution in [-0.4, -0.2) is 41.9 Å². The van der Waals surface area contributed by atoms with Crippen molar-refractivity contribution in [3.8, 4) is 0 Å². The zero-order valence-corrected chi connectivity index (χ0v) is 13.0. The van der Waals surface area contributed by atoms with Crippen molar-refractivity contribution < 1.29 is 8.42 Å². The van der Waals surface area contributed by atoms with E-state index in [0.29, 0.717) is 17.5 Å². The molecule has 1 aromatic heterocycles. The van der Waals surface area contributed by atoms with E-state index in [9.17, 15) is 8.42 Å². The topological polar surface area (TPSA) is 50.3 Å². The van der Waals surface area contributed by atoms with Crippen molar-refractivity contribution in [2.45, 2.75) is 37.9 Å². The summed E-state index contributed by atoms with van der Waals surface area (Å²) in [6.45, 7) is 0.754. The van der Waals surface area contributed by atoms with Gasteiger partial charge in [0, 0.05) is 18.6 Å². The van der Waals surface area contributed by atoms with Crippen LogP contribution in [0.1, 0.15) is 25.0 Å². The second-order valence-corrected chi connectivity index (χ2v) is 8.45. The van der Waals surface area contributed by atoms with Gasteiger partial charge >= 0.3 is 0 Å². The summed E-state index contributed by atoms with van der Waals surface area (Å²) in [6.07, 6.45) is 3.14. The lowest BCUT2D eigenvalue weighted by Crippen LogP contribution is -2.37. The maximum atomic E-state index is 11.6. The van der Waals surface area contributed by atoms with Crippen molar-refractivity contribution in [3.63, 3.8) is 0 Å². The van der Waals surface area contributed by atoms with Gasteiger partial charge in [0.2, 0.25) is 0 Å². The molecule has 0 spiro atoms. The number of halogens is 1. The summed E-state index contributed by atoms with van der Waals surface area (Å²) in [5.41, 5.74) is 1.01. The highest BCUT2D eigenvalue weighted by Crippen LogP contribution is 2.33. The Bertz CT molecular complexity index is 572. The number of aromatic nitrogens is 1. The Kier molecular flexibility index (Phi) is 3.66. The molecule has 1 atom stereocenters. The SMILES string of the molecule is O=S1(=O)CCC(N(Cc2cccc(Br)n2)C2CC2)C1. The van der Waals surface area contributed by atoms with Gasteiger partial charge in [-0.25, -0.2) is 13.4 Å². The highest BCUT2D eigenvalue weighted by molar-refractivity contribution is 9.10. The quantitative estimate of drug-likeness (QED) is 0.784. The zero-order chi connectivity index (χ0) is 13.5. The molecular formula is C13H17BrN2O2S. The van der Waals surface area contributed by atoms with Crippen LogP contribution in [0.2, 0.25) is 0 Å². The number of hydrogen-bond acceptors (Lipinski definition) is 4. The molecule has 1 aromatic rings. The molecular weight excluding hydrogens is 328 g/mol. The fourth-order valence-corrected chi connectivity index (χ4v) is 4.85. The van der Waals surface area contributed by atoms with Gasteiger partial charge in [-0.2, -0.15) is 0 Å². The van der Waals surface area contributed by atoms with E-state index in [1.807, 2.05) is 18.2 Å². The minimum Gasteiger partial charge on any atom is -0.291 e. The molecule has 2 heterocycles. The average molecular weight is 345 g/mol. The Morgan fingerprint density at radius 3 is 2.63 bits per heavy atom. The van der Waals surface area contributed by atoms with Crippen molar-refractivity contribution in [2.24, 2.45) is 0 Å². The van der Waals surface area contributed by atoms with Crippen molar-refractivity contribution in [1.82, 2.24) is 9.88 Å². The number of hydrogen-bond donors (Lipinski definition) is 0. The molecule has 1 aliphatic heterocycles. The first kappa shape index (κ1) is 13.5. The van der Waals surface area contributed by atoms with Gasteiger partial charge in [-0.3, -0.25) is 4.90 Å². The Hall–Kier alpha value is -0.460. The molecule has 1 saturated carbocycles. The Balaban J connectivity index is 1.75. The predicted octanol–water partition coefficient (Wildman–Crippen LogP) is 2.00. The molecule has 0 amide bonds. The van der Waals surface area contributed by atoms with Gasteiger partial charge in [-0.1, -0.05) is 6.07 Å².